The van der Waals surface area contributed by atoms with Gasteiger partial charge >= 0.3 is 0 Å². The van der Waals surface area contributed by atoms with Crippen LogP contribution in [0.1, 0.15) is 26.3 Å². The van der Waals surface area contributed by atoms with Gasteiger partial charge in [-0.25, -0.2) is 4.39 Å². The van der Waals surface area contributed by atoms with E-state index in [2.05, 4.69) is 0 Å². The fraction of sp³-hybridized carbons (Fsp3) is 0.263. The van der Waals surface area contributed by atoms with E-state index in [0.29, 0.717) is 43.0 Å². The van der Waals surface area contributed by atoms with Crippen molar-refractivity contribution in [3.8, 4) is 0 Å². The third-order valence-corrected chi connectivity index (χ3v) is 4.44. The number of hydrogen-bond donors (Lipinski definition) is 1. The Morgan fingerprint density at radius 2 is 1.46 bits per heavy atom. The molecule has 2 N–H and O–H groups in total. The highest BCUT2D eigenvalue weighted by Crippen LogP contribution is 2.17. The van der Waals surface area contributed by atoms with Crippen LogP contribution in [0.15, 0.2) is 42.5 Å². The first-order valence-corrected chi connectivity index (χ1v) is 8.16. The van der Waals surface area contributed by atoms with Gasteiger partial charge in [0, 0.05) is 43.0 Å². The molecule has 0 spiro atoms. The van der Waals surface area contributed by atoms with Gasteiger partial charge in [-0.15, -0.1) is 12.4 Å². The quantitative estimate of drug-likeness (QED) is 0.818. The molecule has 1 heterocycles. The summed E-state index contributed by atoms with van der Waals surface area (Å²) in [5.41, 5.74) is 8.26. The van der Waals surface area contributed by atoms with Gasteiger partial charge in [0.1, 0.15) is 5.82 Å². The lowest BCUT2D eigenvalue weighted by Gasteiger charge is -2.35. The van der Waals surface area contributed by atoms with Crippen LogP contribution in [0, 0.1) is 12.7 Å². The average Bonchev–Trinajstić information content (AvgIpc) is 2.63. The highest BCUT2D eigenvalue weighted by atomic mass is 35.5. The molecule has 1 saturated heterocycles. The zero-order valence-corrected chi connectivity index (χ0v) is 15.3. The summed E-state index contributed by atoms with van der Waals surface area (Å²) < 4.78 is 13.0. The van der Waals surface area contributed by atoms with Crippen molar-refractivity contribution >= 4 is 29.9 Å². The van der Waals surface area contributed by atoms with Crippen molar-refractivity contribution in [3.63, 3.8) is 0 Å². The molecule has 138 valence electrons. The van der Waals surface area contributed by atoms with Crippen molar-refractivity contribution in [1.29, 1.82) is 0 Å². The zero-order valence-electron chi connectivity index (χ0n) is 14.4. The van der Waals surface area contributed by atoms with Crippen LogP contribution >= 0.6 is 12.4 Å². The van der Waals surface area contributed by atoms with Gasteiger partial charge in [0.2, 0.25) is 0 Å². The van der Waals surface area contributed by atoms with Crippen LogP contribution in [0.2, 0.25) is 0 Å². The highest BCUT2D eigenvalue weighted by molar-refractivity contribution is 5.97. The Kier molecular flexibility index (Phi) is 6.21. The second-order valence-electron chi connectivity index (χ2n) is 6.17. The largest absolute Gasteiger partial charge is 0.399 e. The Morgan fingerprint density at radius 1 is 0.923 bits per heavy atom. The summed E-state index contributed by atoms with van der Waals surface area (Å²) in [6, 6.07) is 10.8. The molecule has 5 nitrogen and oxygen atoms in total. The number of amides is 2. The third-order valence-electron chi connectivity index (χ3n) is 4.44. The lowest BCUT2D eigenvalue weighted by Crippen LogP contribution is -2.50. The third kappa shape index (κ3) is 4.14. The minimum absolute atomic E-state index is 0. The summed E-state index contributed by atoms with van der Waals surface area (Å²) >= 11 is 0. The number of nitrogens with two attached hydrogens (primary N) is 1. The van der Waals surface area contributed by atoms with Crippen molar-refractivity contribution in [1.82, 2.24) is 9.80 Å². The molecule has 0 bridgehead atoms. The SMILES string of the molecule is Cc1ccc(N)cc1C(=O)N1CCN(C(=O)c2ccc(F)cc2)CC1.Cl. The lowest BCUT2D eigenvalue weighted by molar-refractivity contribution is 0.0535. The minimum atomic E-state index is -0.371. The summed E-state index contributed by atoms with van der Waals surface area (Å²) in [5, 5.41) is 0. The fourth-order valence-electron chi connectivity index (χ4n) is 2.93. The Bertz CT molecular complexity index is 803. The minimum Gasteiger partial charge on any atom is -0.399 e. The van der Waals surface area contributed by atoms with E-state index >= 15 is 0 Å². The van der Waals surface area contributed by atoms with Crippen molar-refractivity contribution in [2.45, 2.75) is 6.92 Å². The van der Waals surface area contributed by atoms with E-state index in [4.69, 9.17) is 5.73 Å². The maximum atomic E-state index is 13.0. The van der Waals surface area contributed by atoms with Crippen LogP contribution in [-0.2, 0) is 0 Å². The first kappa shape index (κ1) is 19.7. The number of hydrogen-bond acceptors (Lipinski definition) is 3. The van der Waals surface area contributed by atoms with Gasteiger partial charge in [-0.05, 0) is 48.9 Å². The van der Waals surface area contributed by atoms with Gasteiger partial charge in [-0.1, -0.05) is 6.07 Å². The van der Waals surface area contributed by atoms with Crippen LogP contribution in [0.3, 0.4) is 0 Å². The van der Waals surface area contributed by atoms with E-state index in [1.807, 2.05) is 13.0 Å². The van der Waals surface area contributed by atoms with E-state index in [0.717, 1.165) is 5.56 Å². The molecule has 0 radical (unpaired) electrons. The number of carbonyl (C=O) groups excluding carboxylic acids is 2. The molecule has 26 heavy (non-hydrogen) atoms. The Labute approximate surface area is 158 Å². The standard InChI is InChI=1S/C19H20FN3O2.ClH/c1-13-2-7-16(21)12-17(13)19(25)23-10-8-22(9-11-23)18(24)14-3-5-15(20)6-4-14;/h2-7,12H,8-11,21H2,1H3;1H. The molecular formula is C19H21ClFN3O2. The zero-order chi connectivity index (χ0) is 18.0. The summed E-state index contributed by atoms with van der Waals surface area (Å²) in [6.07, 6.45) is 0. The van der Waals surface area contributed by atoms with Crippen molar-refractivity contribution in [2.24, 2.45) is 0 Å². The number of benzene rings is 2. The molecule has 0 saturated carbocycles. The number of carbonyl (C=O) groups is 2. The Morgan fingerprint density at radius 3 is 2.04 bits per heavy atom. The molecule has 1 aliphatic heterocycles. The maximum absolute atomic E-state index is 13.0. The predicted molar refractivity (Wildman–Crippen MR) is 101 cm³/mol. The van der Waals surface area contributed by atoms with Gasteiger partial charge in [-0.3, -0.25) is 9.59 Å². The molecular weight excluding hydrogens is 357 g/mol. The van der Waals surface area contributed by atoms with Gasteiger partial charge in [0.05, 0.1) is 0 Å². The van der Waals surface area contributed by atoms with Crippen LogP contribution in [0.4, 0.5) is 10.1 Å². The summed E-state index contributed by atoms with van der Waals surface area (Å²) in [4.78, 5) is 28.5. The van der Waals surface area contributed by atoms with Crippen molar-refractivity contribution < 1.29 is 14.0 Å². The normalized spacial score (nSPS) is 13.9. The molecule has 3 rings (SSSR count). The summed E-state index contributed by atoms with van der Waals surface area (Å²) in [7, 11) is 0. The molecule has 0 aromatic heterocycles. The summed E-state index contributed by atoms with van der Waals surface area (Å²) in [5.74, 6) is -0.588. The molecule has 1 fully saturated rings. The van der Waals surface area contributed by atoms with E-state index in [-0.39, 0.29) is 30.0 Å². The van der Waals surface area contributed by atoms with Gasteiger partial charge < -0.3 is 15.5 Å². The molecule has 2 aromatic rings. The van der Waals surface area contributed by atoms with Crippen LogP contribution < -0.4 is 5.73 Å². The van der Waals surface area contributed by atoms with Crippen molar-refractivity contribution in [2.75, 3.05) is 31.9 Å². The number of piperazine rings is 1. The average molecular weight is 378 g/mol. The highest BCUT2D eigenvalue weighted by Gasteiger charge is 2.26. The molecule has 0 unspecified atom stereocenters. The van der Waals surface area contributed by atoms with E-state index in [9.17, 15) is 14.0 Å². The topological polar surface area (TPSA) is 66.6 Å². The number of rotatable bonds is 2. The monoisotopic (exact) mass is 377 g/mol. The molecule has 0 aliphatic carbocycles. The molecule has 2 amide bonds. The van der Waals surface area contributed by atoms with Crippen LogP contribution in [0.25, 0.3) is 0 Å². The molecule has 7 heteroatoms. The molecule has 1 aliphatic rings. The number of nitrogen functional groups attached to an aromatic ring is 1. The van der Waals surface area contributed by atoms with E-state index < -0.39 is 0 Å². The number of halogens is 2. The predicted octanol–water partition coefficient (Wildman–Crippen LogP) is 2.74. The van der Waals surface area contributed by atoms with Crippen LogP contribution in [0.5, 0.6) is 0 Å². The van der Waals surface area contributed by atoms with Crippen LogP contribution in [-0.4, -0.2) is 47.8 Å². The Balaban J connectivity index is 0.00000243. The van der Waals surface area contributed by atoms with Crippen molar-refractivity contribution in [3.05, 3.63) is 65.0 Å². The number of anilines is 1. The lowest BCUT2D eigenvalue weighted by atomic mass is 10.1. The first-order chi connectivity index (χ1) is 12.0. The molecule has 0 atom stereocenters. The molecule has 2 aromatic carbocycles. The van der Waals surface area contributed by atoms with Gasteiger partial charge in [0.15, 0.2) is 0 Å². The number of aryl methyl sites for hydroxylation is 1. The van der Waals surface area contributed by atoms with E-state index in [1.165, 1.54) is 24.3 Å². The van der Waals surface area contributed by atoms with E-state index in [1.54, 1.807) is 21.9 Å². The maximum Gasteiger partial charge on any atom is 0.254 e. The smallest absolute Gasteiger partial charge is 0.254 e. The van der Waals surface area contributed by atoms with Gasteiger partial charge in [0.25, 0.3) is 11.8 Å². The fourth-order valence-corrected chi connectivity index (χ4v) is 2.93. The number of nitrogens with zero attached hydrogens (tertiary/aromatic N) is 2. The second-order valence-corrected chi connectivity index (χ2v) is 6.17. The first-order valence-electron chi connectivity index (χ1n) is 8.16. The summed E-state index contributed by atoms with van der Waals surface area (Å²) in [6.45, 7) is 3.69. The second kappa shape index (κ2) is 8.19. The Hall–Kier alpha value is -2.60. The van der Waals surface area contributed by atoms with Gasteiger partial charge in [-0.2, -0.15) is 0 Å².